The zero-order valence-corrected chi connectivity index (χ0v) is 8.99. The number of nitrogens with zero attached hydrogens (tertiary/aromatic N) is 1. The number of H-pyrrole nitrogens is 1. The minimum absolute atomic E-state index is 0.0277. The lowest BCUT2D eigenvalue weighted by Gasteiger charge is -2.25. The number of fused-ring (bicyclic) bond motifs is 1. The molecule has 1 fully saturated rings. The second kappa shape index (κ2) is 3.68. The Hall–Kier alpha value is -1.20. The highest BCUT2D eigenvalue weighted by Gasteiger charge is 2.38. The molecule has 1 aromatic rings. The van der Waals surface area contributed by atoms with Crippen LogP contribution in [0, 0.1) is 0 Å². The molecule has 0 unspecified atom stereocenters. The van der Waals surface area contributed by atoms with Crippen LogP contribution in [0.4, 0.5) is 0 Å². The van der Waals surface area contributed by atoms with E-state index in [-0.39, 0.29) is 5.56 Å². The number of hydrogen-bond acceptors (Lipinski definition) is 4. The molecule has 0 amide bonds. The molecule has 5 heteroatoms. The van der Waals surface area contributed by atoms with E-state index < -0.39 is 5.79 Å². The molecule has 16 heavy (non-hydrogen) atoms. The third kappa shape index (κ3) is 1.56. The Kier molecular flexibility index (Phi) is 2.29. The van der Waals surface area contributed by atoms with Gasteiger partial charge in [0, 0.05) is 18.4 Å². The molecule has 1 saturated heterocycles. The summed E-state index contributed by atoms with van der Waals surface area (Å²) in [6, 6.07) is 0. The quantitative estimate of drug-likeness (QED) is 0.689. The van der Waals surface area contributed by atoms with Crippen molar-refractivity contribution in [3.8, 4) is 0 Å². The zero-order chi connectivity index (χ0) is 11.0. The Balaban J connectivity index is 1.92. The monoisotopic (exact) mass is 222 g/mol. The number of aromatic nitrogens is 2. The smallest absolute Gasteiger partial charge is 0.254 e. The molecule has 1 aliphatic heterocycles. The molecular formula is C11H14N2O3. The second-order valence-corrected chi connectivity index (χ2v) is 4.26. The van der Waals surface area contributed by atoms with Crippen molar-refractivity contribution in [3.05, 3.63) is 27.9 Å². The lowest BCUT2D eigenvalue weighted by Crippen LogP contribution is -2.30. The van der Waals surface area contributed by atoms with Gasteiger partial charge in [0.05, 0.1) is 25.2 Å². The molecule has 5 nitrogen and oxygen atoms in total. The number of rotatable bonds is 0. The van der Waals surface area contributed by atoms with Crippen molar-refractivity contribution in [2.75, 3.05) is 13.2 Å². The van der Waals surface area contributed by atoms with E-state index >= 15 is 0 Å². The molecule has 3 rings (SSSR count). The average molecular weight is 222 g/mol. The molecule has 2 heterocycles. The summed E-state index contributed by atoms with van der Waals surface area (Å²) in [7, 11) is 0. The van der Waals surface area contributed by atoms with Crippen LogP contribution in [-0.4, -0.2) is 29.0 Å². The molecule has 1 spiro atoms. The van der Waals surface area contributed by atoms with Crippen molar-refractivity contribution in [2.45, 2.75) is 31.5 Å². The summed E-state index contributed by atoms with van der Waals surface area (Å²) in [5.74, 6) is -0.465. The summed E-state index contributed by atoms with van der Waals surface area (Å²) in [4.78, 5) is 18.5. The van der Waals surface area contributed by atoms with Gasteiger partial charge < -0.3 is 14.5 Å². The normalized spacial score (nSPS) is 23.0. The van der Waals surface area contributed by atoms with Crippen LogP contribution in [0.1, 0.15) is 24.1 Å². The van der Waals surface area contributed by atoms with E-state index in [1.807, 2.05) is 0 Å². The van der Waals surface area contributed by atoms with Gasteiger partial charge in [0.1, 0.15) is 0 Å². The molecule has 0 aromatic carbocycles. The highest BCUT2D eigenvalue weighted by molar-refractivity contribution is 5.19. The van der Waals surface area contributed by atoms with Gasteiger partial charge >= 0.3 is 0 Å². The standard InChI is InChI=1S/C11H14N2O3/c14-10-8-1-3-11(15-5-6-16-11)4-2-9(8)12-7-13-10/h7H,1-6H2,(H,12,13,14). The fourth-order valence-corrected chi connectivity index (χ4v) is 2.47. The predicted molar refractivity (Wildman–Crippen MR) is 56.1 cm³/mol. The first-order valence-corrected chi connectivity index (χ1v) is 5.62. The lowest BCUT2D eigenvalue weighted by atomic mass is 10.1. The maximum Gasteiger partial charge on any atom is 0.254 e. The van der Waals surface area contributed by atoms with Crippen molar-refractivity contribution in [2.24, 2.45) is 0 Å². The maximum absolute atomic E-state index is 11.6. The first-order chi connectivity index (χ1) is 7.79. The molecule has 1 aromatic heterocycles. The van der Waals surface area contributed by atoms with Crippen LogP contribution in [0.3, 0.4) is 0 Å². The minimum Gasteiger partial charge on any atom is -0.348 e. The third-order valence-electron chi connectivity index (χ3n) is 3.35. The largest absolute Gasteiger partial charge is 0.348 e. The Morgan fingerprint density at radius 3 is 2.81 bits per heavy atom. The summed E-state index contributed by atoms with van der Waals surface area (Å²) >= 11 is 0. The van der Waals surface area contributed by atoms with Gasteiger partial charge in [-0.1, -0.05) is 0 Å². The molecule has 2 aliphatic rings. The molecule has 0 saturated carbocycles. The van der Waals surface area contributed by atoms with Gasteiger partial charge in [0.25, 0.3) is 5.56 Å². The van der Waals surface area contributed by atoms with Crippen molar-refractivity contribution < 1.29 is 9.47 Å². The van der Waals surface area contributed by atoms with Crippen molar-refractivity contribution in [3.63, 3.8) is 0 Å². The summed E-state index contributed by atoms with van der Waals surface area (Å²) in [5.41, 5.74) is 1.65. The Bertz CT molecular complexity index is 449. The first kappa shape index (κ1) is 9.99. The Morgan fingerprint density at radius 2 is 2.00 bits per heavy atom. The number of aromatic amines is 1. The van der Waals surface area contributed by atoms with E-state index in [9.17, 15) is 4.79 Å². The van der Waals surface area contributed by atoms with E-state index in [2.05, 4.69) is 9.97 Å². The number of nitrogens with one attached hydrogen (secondary N) is 1. The Morgan fingerprint density at radius 1 is 1.25 bits per heavy atom. The Labute approximate surface area is 92.8 Å². The summed E-state index contributed by atoms with van der Waals surface area (Å²) in [5, 5.41) is 0. The van der Waals surface area contributed by atoms with E-state index in [4.69, 9.17) is 9.47 Å². The van der Waals surface area contributed by atoms with Crippen LogP contribution in [0.5, 0.6) is 0 Å². The van der Waals surface area contributed by atoms with Crippen molar-refractivity contribution in [1.29, 1.82) is 0 Å². The summed E-state index contributed by atoms with van der Waals surface area (Å²) in [6.07, 6.45) is 4.43. The lowest BCUT2D eigenvalue weighted by molar-refractivity contribution is -0.164. The predicted octanol–water partition coefficient (Wildman–Crippen LogP) is 0.392. The van der Waals surface area contributed by atoms with Crippen LogP contribution in [0.15, 0.2) is 11.1 Å². The van der Waals surface area contributed by atoms with Crippen LogP contribution in [-0.2, 0) is 22.3 Å². The average Bonchev–Trinajstić information content (AvgIpc) is 2.65. The van der Waals surface area contributed by atoms with E-state index in [0.717, 1.165) is 30.5 Å². The van der Waals surface area contributed by atoms with E-state index in [1.54, 1.807) is 0 Å². The van der Waals surface area contributed by atoms with E-state index in [1.165, 1.54) is 6.33 Å². The van der Waals surface area contributed by atoms with Gasteiger partial charge in [-0.25, -0.2) is 4.98 Å². The first-order valence-electron chi connectivity index (χ1n) is 5.62. The summed E-state index contributed by atoms with van der Waals surface area (Å²) < 4.78 is 11.3. The molecule has 86 valence electrons. The highest BCUT2D eigenvalue weighted by atomic mass is 16.7. The van der Waals surface area contributed by atoms with Gasteiger partial charge in [0.15, 0.2) is 5.79 Å². The van der Waals surface area contributed by atoms with Crippen LogP contribution >= 0.6 is 0 Å². The zero-order valence-electron chi connectivity index (χ0n) is 8.99. The van der Waals surface area contributed by atoms with Gasteiger partial charge in [-0.2, -0.15) is 0 Å². The number of aryl methyl sites for hydroxylation is 1. The van der Waals surface area contributed by atoms with Gasteiger partial charge in [0.2, 0.25) is 0 Å². The number of hydrogen-bond donors (Lipinski definition) is 1. The fraction of sp³-hybridized carbons (Fsp3) is 0.636. The highest BCUT2D eigenvalue weighted by Crippen LogP contribution is 2.32. The van der Waals surface area contributed by atoms with E-state index in [0.29, 0.717) is 19.6 Å². The molecule has 0 atom stereocenters. The van der Waals surface area contributed by atoms with Crippen LogP contribution in [0.25, 0.3) is 0 Å². The van der Waals surface area contributed by atoms with Crippen molar-refractivity contribution >= 4 is 0 Å². The summed E-state index contributed by atoms with van der Waals surface area (Å²) in [6.45, 7) is 1.31. The SMILES string of the molecule is O=c1[nH]cnc2c1CCC1(CC2)OCCO1. The topological polar surface area (TPSA) is 64.2 Å². The third-order valence-corrected chi connectivity index (χ3v) is 3.35. The molecule has 1 N–H and O–H groups in total. The molecule has 1 aliphatic carbocycles. The minimum atomic E-state index is -0.465. The van der Waals surface area contributed by atoms with Gasteiger partial charge in [-0.3, -0.25) is 4.79 Å². The van der Waals surface area contributed by atoms with Crippen molar-refractivity contribution in [1.82, 2.24) is 9.97 Å². The molecule has 0 radical (unpaired) electrons. The fourth-order valence-electron chi connectivity index (χ4n) is 2.47. The van der Waals surface area contributed by atoms with Gasteiger partial charge in [-0.05, 0) is 12.8 Å². The van der Waals surface area contributed by atoms with Crippen LogP contribution < -0.4 is 5.56 Å². The molecular weight excluding hydrogens is 208 g/mol. The molecule has 0 bridgehead atoms. The van der Waals surface area contributed by atoms with Crippen LogP contribution in [0.2, 0.25) is 0 Å². The number of ether oxygens (including phenoxy) is 2. The maximum atomic E-state index is 11.6. The van der Waals surface area contributed by atoms with Gasteiger partial charge in [-0.15, -0.1) is 0 Å². The second-order valence-electron chi connectivity index (χ2n) is 4.26.